The maximum atomic E-state index is 4.16. The van der Waals surface area contributed by atoms with E-state index in [4.69, 9.17) is 0 Å². The Labute approximate surface area is 94.8 Å². The second-order valence-electron chi connectivity index (χ2n) is 3.55. The molecule has 4 nitrogen and oxygen atoms in total. The molecule has 0 spiro atoms. The molecule has 0 aliphatic heterocycles. The lowest BCUT2D eigenvalue weighted by Crippen LogP contribution is -2.19. The van der Waals surface area contributed by atoms with E-state index in [0.29, 0.717) is 6.54 Å². The lowest BCUT2D eigenvalue weighted by molar-refractivity contribution is 0.557. The average Bonchev–Trinajstić information content (AvgIpc) is 2.38. The molecule has 1 N–H and O–H groups in total. The Morgan fingerprint density at radius 2 is 2.00 bits per heavy atom. The first-order valence-electron chi connectivity index (χ1n) is 5.25. The molecule has 2 aromatic rings. The maximum Gasteiger partial charge on any atom is 0.141 e. The van der Waals surface area contributed by atoms with Crippen LogP contribution in [0.5, 0.6) is 0 Å². The van der Waals surface area contributed by atoms with E-state index in [1.807, 2.05) is 18.3 Å². The summed E-state index contributed by atoms with van der Waals surface area (Å²) in [7, 11) is 0. The summed E-state index contributed by atoms with van der Waals surface area (Å²) < 4.78 is 0. The number of nitrogens with zero attached hydrogens (tertiary/aromatic N) is 3. The van der Waals surface area contributed by atoms with Crippen LogP contribution in [0.15, 0.2) is 43.0 Å². The van der Waals surface area contributed by atoms with E-state index in [1.54, 1.807) is 18.6 Å². The van der Waals surface area contributed by atoms with Gasteiger partial charge in [0.1, 0.15) is 5.82 Å². The highest BCUT2D eigenvalue weighted by molar-refractivity contribution is 5.12. The second-order valence-corrected chi connectivity index (χ2v) is 3.55. The first-order valence-corrected chi connectivity index (χ1v) is 5.25. The number of hydrogen-bond acceptors (Lipinski definition) is 4. The molecule has 1 atom stereocenters. The van der Waals surface area contributed by atoms with Crippen molar-refractivity contribution in [1.29, 1.82) is 0 Å². The van der Waals surface area contributed by atoms with E-state index >= 15 is 0 Å². The molecular weight excluding hydrogens is 200 g/mol. The molecule has 0 aromatic carbocycles. The van der Waals surface area contributed by atoms with Crippen LogP contribution in [-0.2, 0) is 6.54 Å². The fourth-order valence-electron chi connectivity index (χ4n) is 1.42. The summed E-state index contributed by atoms with van der Waals surface area (Å²) in [6, 6.07) is 6.05. The van der Waals surface area contributed by atoms with Gasteiger partial charge in [0.2, 0.25) is 0 Å². The molecular formula is C12H14N4. The Morgan fingerprint density at radius 1 is 1.19 bits per heavy atom. The first-order chi connectivity index (χ1) is 7.86. The summed E-state index contributed by atoms with van der Waals surface area (Å²) in [6.07, 6.45) is 7.14. The SMILES string of the molecule is C[C@@H](NCc1ncccn1)c1cccnc1. The molecule has 2 aromatic heterocycles. The highest BCUT2D eigenvalue weighted by Gasteiger charge is 2.04. The summed E-state index contributed by atoms with van der Waals surface area (Å²) in [5.74, 6) is 0.804. The summed E-state index contributed by atoms with van der Waals surface area (Å²) in [6.45, 7) is 2.76. The van der Waals surface area contributed by atoms with Gasteiger partial charge in [0, 0.05) is 30.8 Å². The van der Waals surface area contributed by atoms with Crippen molar-refractivity contribution in [3.63, 3.8) is 0 Å². The zero-order valence-corrected chi connectivity index (χ0v) is 9.17. The van der Waals surface area contributed by atoms with Crippen molar-refractivity contribution in [3.05, 3.63) is 54.4 Å². The Bertz CT molecular complexity index is 416. The molecule has 4 heteroatoms. The average molecular weight is 214 g/mol. The fraction of sp³-hybridized carbons (Fsp3) is 0.250. The maximum absolute atomic E-state index is 4.16. The third-order valence-corrected chi connectivity index (χ3v) is 2.37. The molecule has 0 saturated heterocycles. The third kappa shape index (κ3) is 2.84. The van der Waals surface area contributed by atoms with Gasteiger partial charge in [-0.2, -0.15) is 0 Å². The zero-order valence-electron chi connectivity index (χ0n) is 9.17. The predicted octanol–water partition coefficient (Wildman–Crippen LogP) is 1.72. The van der Waals surface area contributed by atoms with Gasteiger partial charge in [-0.25, -0.2) is 9.97 Å². The Hall–Kier alpha value is -1.81. The number of nitrogens with one attached hydrogen (secondary N) is 1. The fourth-order valence-corrected chi connectivity index (χ4v) is 1.42. The van der Waals surface area contributed by atoms with Crippen LogP contribution in [0.3, 0.4) is 0 Å². The van der Waals surface area contributed by atoms with Crippen LogP contribution in [0, 0.1) is 0 Å². The Morgan fingerprint density at radius 3 is 2.69 bits per heavy atom. The number of rotatable bonds is 4. The summed E-state index contributed by atoms with van der Waals surface area (Å²) in [4.78, 5) is 12.4. The van der Waals surface area contributed by atoms with Crippen molar-refractivity contribution < 1.29 is 0 Å². The largest absolute Gasteiger partial charge is 0.303 e. The van der Waals surface area contributed by atoms with Gasteiger partial charge in [0.15, 0.2) is 0 Å². The number of pyridine rings is 1. The molecule has 0 bridgehead atoms. The standard InChI is InChI=1S/C12H14N4/c1-10(11-4-2-5-13-8-11)16-9-12-14-6-3-7-15-12/h2-8,10,16H,9H2,1H3/t10-/m1/s1. The van der Waals surface area contributed by atoms with Crippen molar-refractivity contribution in [2.75, 3.05) is 0 Å². The summed E-state index contributed by atoms with van der Waals surface area (Å²) >= 11 is 0. The molecule has 16 heavy (non-hydrogen) atoms. The number of aromatic nitrogens is 3. The van der Waals surface area contributed by atoms with Gasteiger partial charge in [-0.1, -0.05) is 6.07 Å². The van der Waals surface area contributed by atoms with Crippen LogP contribution < -0.4 is 5.32 Å². The van der Waals surface area contributed by atoms with E-state index in [9.17, 15) is 0 Å². The van der Waals surface area contributed by atoms with Crippen LogP contribution in [0.2, 0.25) is 0 Å². The lowest BCUT2D eigenvalue weighted by atomic mass is 10.1. The molecule has 0 aliphatic carbocycles. The summed E-state index contributed by atoms with van der Waals surface area (Å²) in [5, 5.41) is 3.35. The van der Waals surface area contributed by atoms with Crippen LogP contribution in [0.4, 0.5) is 0 Å². The normalized spacial score (nSPS) is 12.3. The van der Waals surface area contributed by atoms with Crippen LogP contribution in [0.1, 0.15) is 24.4 Å². The molecule has 0 amide bonds. The summed E-state index contributed by atoms with van der Waals surface area (Å²) in [5.41, 5.74) is 1.17. The van der Waals surface area contributed by atoms with Gasteiger partial charge >= 0.3 is 0 Å². The van der Waals surface area contributed by atoms with E-state index in [0.717, 1.165) is 5.82 Å². The minimum atomic E-state index is 0.248. The molecule has 0 aliphatic rings. The van der Waals surface area contributed by atoms with Gasteiger partial charge < -0.3 is 5.32 Å². The van der Waals surface area contributed by atoms with Crippen molar-refractivity contribution in [2.45, 2.75) is 19.5 Å². The van der Waals surface area contributed by atoms with Crippen molar-refractivity contribution >= 4 is 0 Å². The highest BCUT2D eigenvalue weighted by atomic mass is 15.0. The van der Waals surface area contributed by atoms with Gasteiger partial charge in [0.05, 0.1) is 6.54 Å². The first kappa shape index (κ1) is 10.7. The smallest absolute Gasteiger partial charge is 0.141 e. The van der Waals surface area contributed by atoms with Crippen LogP contribution >= 0.6 is 0 Å². The topological polar surface area (TPSA) is 50.7 Å². The number of hydrogen-bond donors (Lipinski definition) is 1. The van der Waals surface area contributed by atoms with Crippen LogP contribution in [0.25, 0.3) is 0 Å². The van der Waals surface area contributed by atoms with E-state index < -0.39 is 0 Å². The molecule has 82 valence electrons. The van der Waals surface area contributed by atoms with Gasteiger partial charge in [-0.05, 0) is 24.6 Å². The third-order valence-electron chi connectivity index (χ3n) is 2.37. The van der Waals surface area contributed by atoms with Gasteiger partial charge in [-0.15, -0.1) is 0 Å². The molecule has 2 heterocycles. The lowest BCUT2D eigenvalue weighted by Gasteiger charge is -2.12. The van der Waals surface area contributed by atoms with E-state index in [2.05, 4.69) is 33.3 Å². The van der Waals surface area contributed by atoms with Gasteiger partial charge in [-0.3, -0.25) is 4.98 Å². The monoisotopic (exact) mass is 214 g/mol. The minimum Gasteiger partial charge on any atom is -0.303 e. The Kier molecular flexibility index (Phi) is 3.56. The molecule has 0 radical (unpaired) electrons. The molecule has 0 unspecified atom stereocenters. The molecule has 0 fully saturated rings. The van der Waals surface area contributed by atoms with Crippen LogP contribution in [-0.4, -0.2) is 15.0 Å². The van der Waals surface area contributed by atoms with E-state index in [1.165, 1.54) is 5.56 Å². The van der Waals surface area contributed by atoms with Crippen molar-refractivity contribution in [3.8, 4) is 0 Å². The van der Waals surface area contributed by atoms with Gasteiger partial charge in [0.25, 0.3) is 0 Å². The Balaban J connectivity index is 1.92. The zero-order chi connectivity index (χ0) is 11.2. The molecule has 2 rings (SSSR count). The quantitative estimate of drug-likeness (QED) is 0.842. The predicted molar refractivity (Wildman–Crippen MR) is 61.5 cm³/mol. The highest BCUT2D eigenvalue weighted by Crippen LogP contribution is 2.09. The minimum absolute atomic E-state index is 0.248. The van der Waals surface area contributed by atoms with Crippen molar-refractivity contribution in [2.24, 2.45) is 0 Å². The van der Waals surface area contributed by atoms with Crippen molar-refractivity contribution in [1.82, 2.24) is 20.3 Å². The molecule has 0 saturated carbocycles. The van der Waals surface area contributed by atoms with E-state index in [-0.39, 0.29) is 6.04 Å². The second kappa shape index (κ2) is 5.32.